The lowest BCUT2D eigenvalue weighted by molar-refractivity contribution is 0.371. The van der Waals surface area contributed by atoms with E-state index >= 15 is 0 Å². The molecule has 2 rings (SSSR count). The summed E-state index contributed by atoms with van der Waals surface area (Å²) >= 11 is 0. The molecular weight excluding hydrogens is 264 g/mol. The third-order valence-electron chi connectivity index (χ3n) is 3.24. The zero-order valence-electron chi connectivity index (χ0n) is 12.8. The molecule has 112 valence electrons. The Hall–Kier alpha value is -2.20. The number of rotatable bonds is 6. The molecule has 4 nitrogen and oxygen atoms in total. The first-order valence-electron chi connectivity index (χ1n) is 6.92. The van der Waals surface area contributed by atoms with Crippen LogP contribution >= 0.6 is 0 Å². The second-order valence-corrected chi connectivity index (χ2v) is 5.26. The van der Waals surface area contributed by atoms with Crippen LogP contribution in [0.5, 0.6) is 11.5 Å². The van der Waals surface area contributed by atoms with Gasteiger partial charge in [0.15, 0.2) is 11.5 Å². The van der Waals surface area contributed by atoms with Crippen molar-refractivity contribution in [3.63, 3.8) is 0 Å². The molecule has 0 aliphatic carbocycles. The van der Waals surface area contributed by atoms with Crippen molar-refractivity contribution in [3.8, 4) is 11.5 Å². The molecule has 0 amide bonds. The van der Waals surface area contributed by atoms with Crippen molar-refractivity contribution in [3.05, 3.63) is 53.6 Å². The zero-order valence-corrected chi connectivity index (χ0v) is 12.8. The van der Waals surface area contributed by atoms with Crippen molar-refractivity contribution >= 4 is 5.69 Å². The molecular formula is C17H22N2O2. The van der Waals surface area contributed by atoms with Crippen LogP contribution in [-0.2, 0) is 13.1 Å². The number of anilines is 1. The summed E-state index contributed by atoms with van der Waals surface area (Å²) in [6.07, 6.45) is 0. The van der Waals surface area contributed by atoms with Gasteiger partial charge < -0.3 is 20.1 Å². The molecule has 21 heavy (non-hydrogen) atoms. The standard InChI is InChI=1S/C17H22N2O2/c1-19(2)12-13-7-9-15(10-8-13)18-11-14-5-4-6-16(21-3)17(14)20/h4-10,18,20H,11-12H2,1-3H3. The monoisotopic (exact) mass is 286 g/mol. The summed E-state index contributed by atoms with van der Waals surface area (Å²) in [6.45, 7) is 1.48. The van der Waals surface area contributed by atoms with Gasteiger partial charge >= 0.3 is 0 Å². The molecule has 0 atom stereocenters. The maximum Gasteiger partial charge on any atom is 0.162 e. The number of ether oxygens (including phenoxy) is 1. The summed E-state index contributed by atoms with van der Waals surface area (Å²) in [7, 11) is 5.66. The topological polar surface area (TPSA) is 44.7 Å². The third kappa shape index (κ3) is 4.13. The first kappa shape index (κ1) is 15.2. The van der Waals surface area contributed by atoms with Crippen molar-refractivity contribution in [2.24, 2.45) is 0 Å². The van der Waals surface area contributed by atoms with Gasteiger partial charge in [-0.25, -0.2) is 0 Å². The highest BCUT2D eigenvalue weighted by atomic mass is 16.5. The van der Waals surface area contributed by atoms with Gasteiger partial charge in [0, 0.05) is 24.3 Å². The van der Waals surface area contributed by atoms with Crippen molar-refractivity contribution in [2.45, 2.75) is 13.1 Å². The van der Waals surface area contributed by atoms with Gasteiger partial charge in [0.1, 0.15) is 0 Å². The van der Waals surface area contributed by atoms with E-state index in [1.165, 1.54) is 5.56 Å². The summed E-state index contributed by atoms with van der Waals surface area (Å²) in [5.41, 5.74) is 3.11. The SMILES string of the molecule is COc1cccc(CNc2ccc(CN(C)C)cc2)c1O. The maximum absolute atomic E-state index is 10.0. The van der Waals surface area contributed by atoms with Gasteiger partial charge in [0.2, 0.25) is 0 Å². The van der Waals surface area contributed by atoms with Gasteiger partial charge in [-0.1, -0.05) is 24.3 Å². The average molecular weight is 286 g/mol. The minimum absolute atomic E-state index is 0.191. The Morgan fingerprint density at radius 1 is 1.10 bits per heavy atom. The van der Waals surface area contributed by atoms with Crippen molar-refractivity contribution in [1.82, 2.24) is 4.90 Å². The smallest absolute Gasteiger partial charge is 0.162 e. The van der Waals surface area contributed by atoms with Crippen molar-refractivity contribution in [2.75, 3.05) is 26.5 Å². The quantitative estimate of drug-likeness (QED) is 0.856. The Bertz CT molecular complexity index is 580. The largest absolute Gasteiger partial charge is 0.504 e. The Balaban J connectivity index is 2.00. The summed E-state index contributed by atoms with van der Waals surface area (Å²) in [5, 5.41) is 13.3. The molecule has 0 fully saturated rings. The fourth-order valence-electron chi connectivity index (χ4n) is 2.17. The third-order valence-corrected chi connectivity index (χ3v) is 3.24. The van der Waals surface area contributed by atoms with E-state index in [1.54, 1.807) is 13.2 Å². The number of aromatic hydroxyl groups is 1. The second-order valence-electron chi connectivity index (χ2n) is 5.26. The van der Waals surface area contributed by atoms with Crippen molar-refractivity contribution < 1.29 is 9.84 Å². The lowest BCUT2D eigenvalue weighted by Crippen LogP contribution is -2.10. The van der Waals surface area contributed by atoms with E-state index in [9.17, 15) is 5.11 Å². The summed E-state index contributed by atoms with van der Waals surface area (Å²) in [6, 6.07) is 13.8. The number of nitrogens with one attached hydrogen (secondary N) is 1. The first-order chi connectivity index (χ1) is 10.1. The summed E-state index contributed by atoms with van der Waals surface area (Å²) in [4.78, 5) is 2.14. The highest BCUT2D eigenvalue weighted by Crippen LogP contribution is 2.29. The number of nitrogens with zero attached hydrogens (tertiary/aromatic N) is 1. The molecule has 0 unspecified atom stereocenters. The number of hydrogen-bond acceptors (Lipinski definition) is 4. The summed E-state index contributed by atoms with van der Waals surface area (Å²) in [5.74, 6) is 0.687. The molecule has 2 aromatic rings. The maximum atomic E-state index is 10.0. The Morgan fingerprint density at radius 2 is 1.81 bits per heavy atom. The van der Waals surface area contributed by atoms with Crippen LogP contribution in [0.1, 0.15) is 11.1 Å². The van der Waals surface area contributed by atoms with E-state index in [-0.39, 0.29) is 5.75 Å². The second kappa shape index (κ2) is 6.99. The van der Waals surface area contributed by atoms with Gasteiger partial charge in [-0.3, -0.25) is 0 Å². The molecule has 0 aliphatic rings. The molecule has 0 saturated carbocycles. The van der Waals surface area contributed by atoms with E-state index in [0.717, 1.165) is 17.8 Å². The van der Waals surface area contributed by atoms with Crippen molar-refractivity contribution in [1.29, 1.82) is 0 Å². The van der Waals surface area contributed by atoms with Gasteiger partial charge in [0.05, 0.1) is 7.11 Å². The zero-order chi connectivity index (χ0) is 15.2. The molecule has 0 aliphatic heterocycles. The highest BCUT2D eigenvalue weighted by Gasteiger charge is 2.06. The number of phenols is 1. The van der Waals surface area contributed by atoms with Crippen LogP contribution in [0.3, 0.4) is 0 Å². The minimum atomic E-state index is 0.191. The predicted octanol–water partition coefficient (Wildman–Crippen LogP) is 3.07. The predicted molar refractivity (Wildman–Crippen MR) is 85.8 cm³/mol. The van der Waals surface area contributed by atoms with E-state index in [2.05, 4.69) is 48.6 Å². The van der Waals surface area contributed by atoms with Gasteiger partial charge in [0.25, 0.3) is 0 Å². The molecule has 2 aromatic carbocycles. The number of methoxy groups -OCH3 is 1. The van der Waals surface area contributed by atoms with Gasteiger partial charge in [-0.15, -0.1) is 0 Å². The lowest BCUT2D eigenvalue weighted by Gasteiger charge is -2.12. The minimum Gasteiger partial charge on any atom is -0.504 e. The van der Waals surface area contributed by atoms with Crippen LogP contribution in [0.25, 0.3) is 0 Å². The fourth-order valence-corrected chi connectivity index (χ4v) is 2.17. The average Bonchev–Trinajstić information content (AvgIpc) is 2.47. The van der Waals surface area contributed by atoms with E-state index in [1.807, 2.05) is 12.1 Å². The van der Waals surface area contributed by atoms with Crippen LogP contribution in [0.2, 0.25) is 0 Å². The number of phenolic OH excluding ortho intramolecular Hbond substituents is 1. The number of benzene rings is 2. The van der Waals surface area contributed by atoms with E-state index in [0.29, 0.717) is 12.3 Å². The van der Waals surface area contributed by atoms with Crippen LogP contribution in [-0.4, -0.2) is 31.2 Å². The molecule has 0 bridgehead atoms. The Labute approximate surface area is 126 Å². The molecule has 0 aromatic heterocycles. The molecule has 0 spiro atoms. The number of hydrogen-bond donors (Lipinski definition) is 2. The normalized spacial score (nSPS) is 10.7. The van der Waals surface area contributed by atoms with E-state index < -0.39 is 0 Å². The van der Waals surface area contributed by atoms with E-state index in [4.69, 9.17) is 4.74 Å². The van der Waals surface area contributed by atoms with Crippen LogP contribution in [0, 0.1) is 0 Å². The Morgan fingerprint density at radius 3 is 2.43 bits per heavy atom. The molecule has 4 heteroatoms. The van der Waals surface area contributed by atoms with Crippen LogP contribution in [0.15, 0.2) is 42.5 Å². The molecule has 0 radical (unpaired) electrons. The van der Waals surface area contributed by atoms with Crippen LogP contribution in [0.4, 0.5) is 5.69 Å². The molecule has 2 N–H and O–H groups in total. The molecule has 0 saturated heterocycles. The van der Waals surface area contributed by atoms with Gasteiger partial charge in [-0.2, -0.15) is 0 Å². The first-order valence-corrected chi connectivity index (χ1v) is 6.92. The molecule has 0 heterocycles. The van der Waals surface area contributed by atoms with Crippen LogP contribution < -0.4 is 10.1 Å². The summed E-state index contributed by atoms with van der Waals surface area (Å²) < 4.78 is 5.11. The fraction of sp³-hybridized carbons (Fsp3) is 0.294. The lowest BCUT2D eigenvalue weighted by atomic mass is 10.1. The highest BCUT2D eigenvalue weighted by molar-refractivity contribution is 5.49. The van der Waals surface area contributed by atoms with Gasteiger partial charge in [-0.05, 0) is 37.9 Å². The Kier molecular flexibility index (Phi) is 5.06. The number of para-hydroxylation sites is 1.